The maximum absolute atomic E-state index is 7.30. The number of hydrogen-bond donors (Lipinski definition) is 1. The molecule has 1 saturated heterocycles. The monoisotopic (exact) mass is 420 g/mol. The molecule has 2 aromatic heterocycles. The second-order valence-electron chi connectivity index (χ2n) is 8.90. The molecule has 0 spiro atoms. The highest BCUT2D eigenvalue weighted by Crippen LogP contribution is 2.38. The van der Waals surface area contributed by atoms with Crippen molar-refractivity contribution in [2.75, 3.05) is 13.1 Å². The Morgan fingerprint density at radius 1 is 1.00 bits per heavy atom. The minimum atomic E-state index is 0.657. The van der Waals surface area contributed by atoms with Crippen LogP contribution < -0.4 is 5.32 Å². The highest BCUT2D eigenvalue weighted by molar-refractivity contribution is 6.01. The summed E-state index contributed by atoms with van der Waals surface area (Å²) in [5.41, 5.74) is 8.76. The summed E-state index contributed by atoms with van der Waals surface area (Å²) < 4.78 is 2.37. The van der Waals surface area contributed by atoms with Crippen LogP contribution in [0.1, 0.15) is 24.0 Å². The minimum Gasteiger partial charge on any atom is -0.346 e. The van der Waals surface area contributed by atoms with E-state index >= 15 is 0 Å². The zero-order valence-corrected chi connectivity index (χ0v) is 18.7. The van der Waals surface area contributed by atoms with Crippen molar-refractivity contribution in [3.8, 4) is 22.4 Å². The maximum atomic E-state index is 7.30. The van der Waals surface area contributed by atoms with Crippen molar-refractivity contribution in [1.82, 2.24) is 14.9 Å². The van der Waals surface area contributed by atoms with Crippen LogP contribution in [0.25, 0.3) is 38.1 Å². The molecule has 0 atom stereocenters. The van der Waals surface area contributed by atoms with Crippen molar-refractivity contribution < 1.29 is 0 Å². The molecule has 4 heteroatoms. The van der Waals surface area contributed by atoms with Gasteiger partial charge in [0.1, 0.15) is 0 Å². The predicted octanol–water partition coefficient (Wildman–Crippen LogP) is 6.54. The molecule has 0 amide bonds. The van der Waals surface area contributed by atoms with Crippen LogP contribution in [0.2, 0.25) is 0 Å². The summed E-state index contributed by atoms with van der Waals surface area (Å²) in [6, 6.07) is 16.7. The van der Waals surface area contributed by atoms with Crippen molar-refractivity contribution in [2.24, 2.45) is 5.92 Å². The van der Waals surface area contributed by atoms with Gasteiger partial charge in [-0.2, -0.15) is 0 Å². The fourth-order valence-corrected chi connectivity index (χ4v) is 4.76. The van der Waals surface area contributed by atoms with Gasteiger partial charge in [-0.25, -0.2) is 4.85 Å². The lowest BCUT2D eigenvalue weighted by Crippen LogP contribution is -2.29. The Kier molecular flexibility index (Phi) is 5.51. The van der Waals surface area contributed by atoms with E-state index in [1.807, 2.05) is 18.3 Å². The van der Waals surface area contributed by atoms with Gasteiger partial charge in [0.2, 0.25) is 0 Å². The normalized spacial score (nSPS) is 14.5. The lowest BCUT2D eigenvalue weighted by molar-refractivity contribution is 0.337. The summed E-state index contributed by atoms with van der Waals surface area (Å²) in [5, 5.41) is 4.68. The van der Waals surface area contributed by atoms with E-state index in [0.29, 0.717) is 11.6 Å². The van der Waals surface area contributed by atoms with Crippen LogP contribution in [-0.2, 0) is 6.54 Å². The van der Waals surface area contributed by atoms with E-state index in [0.717, 1.165) is 42.0 Å². The number of aryl methyl sites for hydroxylation is 2. The first kappa shape index (κ1) is 20.5. The number of rotatable bonds is 4. The van der Waals surface area contributed by atoms with Crippen LogP contribution in [0.4, 0.5) is 5.69 Å². The van der Waals surface area contributed by atoms with Gasteiger partial charge in [-0.15, -0.1) is 0 Å². The maximum Gasteiger partial charge on any atom is 0.187 e. The molecule has 0 aliphatic carbocycles. The van der Waals surface area contributed by atoms with Crippen molar-refractivity contribution in [3.05, 3.63) is 83.5 Å². The molecule has 4 nitrogen and oxygen atoms in total. The zero-order chi connectivity index (χ0) is 22.1. The number of benzene rings is 2. The lowest BCUT2D eigenvalue weighted by atomic mass is 9.94. The number of nitrogens with one attached hydrogen (secondary N) is 1. The van der Waals surface area contributed by atoms with Crippen LogP contribution >= 0.6 is 0 Å². The third kappa shape index (κ3) is 3.81. The fourth-order valence-electron chi connectivity index (χ4n) is 4.76. The Morgan fingerprint density at radius 2 is 1.75 bits per heavy atom. The smallest absolute Gasteiger partial charge is 0.187 e. The third-order valence-electron chi connectivity index (χ3n) is 6.81. The van der Waals surface area contributed by atoms with Crippen molar-refractivity contribution in [1.29, 1.82) is 0 Å². The highest BCUT2D eigenvalue weighted by Gasteiger charge is 2.19. The molecule has 2 aromatic carbocycles. The third-order valence-corrected chi connectivity index (χ3v) is 6.81. The molecule has 1 N–H and O–H groups in total. The summed E-state index contributed by atoms with van der Waals surface area (Å²) in [6.45, 7) is 14.8. The molecule has 3 heterocycles. The van der Waals surface area contributed by atoms with Gasteiger partial charge in [0.05, 0.1) is 24.0 Å². The van der Waals surface area contributed by atoms with Crippen LogP contribution in [-0.4, -0.2) is 22.6 Å². The summed E-state index contributed by atoms with van der Waals surface area (Å²) >= 11 is 0. The van der Waals surface area contributed by atoms with E-state index in [1.54, 1.807) is 0 Å². The Labute approximate surface area is 189 Å². The average Bonchev–Trinajstić information content (AvgIpc) is 3.24. The molecule has 1 fully saturated rings. The van der Waals surface area contributed by atoms with Gasteiger partial charge in [0.25, 0.3) is 0 Å². The Balaban J connectivity index is 1.67. The lowest BCUT2D eigenvalue weighted by Gasteiger charge is -2.23. The first-order valence-corrected chi connectivity index (χ1v) is 11.4. The average molecular weight is 421 g/mol. The first-order valence-electron chi connectivity index (χ1n) is 11.4. The van der Waals surface area contributed by atoms with Crippen LogP contribution in [0, 0.1) is 26.3 Å². The number of piperidine rings is 1. The topological polar surface area (TPSA) is 34.2 Å². The molecule has 0 unspecified atom stereocenters. The first-order chi connectivity index (χ1) is 15.6. The second-order valence-corrected chi connectivity index (χ2v) is 8.90. The van der Waals surface area contributed by atoms with Gasteiger partial charge in [-0.1, -0.05) is 36.4 Å². The van der Waals surface area contributed by atoms with Crippen LogP contribution in [0.5, 0.6) is 0 Å². The molecule has 160 valence electrons. The van der Waals surface area contributed by atoms with E-state index in [-0.39, 0.29) is 0 Å². The van der Waals surface area contributed by atoms with Crippen molar-refractivity contribution >= 4 is 16.6 Å². The summed E-state index contributed by atoms with van der Waals surface area (Å²) in [6.07, 6.45) is 6.70. The molecular weight excluding hydrogens is 392 g/mol. The van der Waals surface area contributed by atoms with Gasteiger partial charge in [-0.05, 0) is 74.5 Å². The predicted molar refractivity (Wildman–Crippen MR) is 132 cm³/mol. The molecular formula is C28H28N4. The van der Waals surface area contributed by atoms with Gasteiger partial charge in [-0.3, -0.25) is 4.98 Å². The minimum absolute atomic E-state index is 0.657. The Bertz CT molecular complexity index is 1300. The highest BCUT2D eigenvalue weighted by atomic mass is 15.0. The Hall–Kier alpha value is -3.42. The molecule has 1 aliphatic heterocycles. The van der Waals surface area contributed by atoms with E-state index in [1.165, 1.54) is 34.9 Å². The quantitative estimate of drug-likeness (QED) is 0.381. The number of fused-ring (bicyclic) bond motifs is 1. The van der Waals surface area contributed by atoms with Crippen LogP contribution in [0.15, 0.2) is 60.9 Å². The van der Waals surface area contributed by atoms with E-state index < -0.39 is 0 Å². The SMILES string of the molecule is [C-]#[N+]c1ccc(-c2c(-c3ccc(C)c(C)c3)ncc3c2ccn3CC2CCNCC2)cc1. The fraction of sp³-hybridized carbons (Fsp3) is 0.286. The number of nitrogens with zero attached hydrogens (tertiary/aromatic N) is 3. The van der Waals surface area contributed by atoms with Gasteiger partial charge in [0, 0.05) is 29.3 Å². The molecule has 0 bridgehead atoms. The van der Waals surface area contributed by atoms with Gasteiger partial charge < -0.3 is 9.88 Å². The zero-order valence-electron chi connectivity index (χ0n) is 18.7. The number of hydrogen-bond acceptors (Lipinski definition) is 2. The van der Waals surface area contributed by atoms with Crippen LogP contribution in [0.3, 0.4) is 0 Å². The molecule has 32 heavy (non-hydrogen) atoms. The largest absolute Gasteiger partial charge is 0.346 e. The standard InChI is InChI=1S/C28H28N4/c1-19-4-5-23(16-20(19)2)28-27(22-6-8-24(29-3)9-7-22)25-12-15-32(26(25)17-31-28)18-21-10-13-30-14-11-21/h4-9,12,15-17,21,30H,10-11,13-14,18H2,1-2H3. The second kappa shape index (κ2) is 8.61. The van der Waals surface area contributed by atoms with Crippen molar-refractivity contribution in [3.63, 3.8) is 0 Å². The van der Waals surface area contributed by atoms with E-state index in [9.17, 15) is 0 Å². The van der Waals surface area contributed by atoms with E-state index in [2.05, 4.69) is 71.2 Å². The molecule has 0 saturated carbocycles. The molecule has 5 rings (SSSR count). The number of pyridine rings is 1. The van der Waals surface area contributed by atoms with Gasteiger partial charge >= 0.3 is 0 Å². The summed E-state index contributed by atoms with van der Waals surface area (Å²) in [5.74, 6) is 0.702. The molecule has 0 radical (unpaired) electrons. The Morgan fingerprint density at radius 3 is 2.47 bits per heavy atom. The summed E-state index contributed by atoms with van der Waals surface area (Å²) in [4.78, 5) is 8.56. The molecule has 4 aromatic rings. The van der Waals surface area contributed by atoms with E-state index in [4.69, 9.17) is 11.6 Å². The number of aromatic nitrogens is 2. The molecule has 1 aliphatic rings. The van der Waals surface area contributed by atoms with Crippen molar-refractivity contribution in [2.45, 2.75) is 33.2 Å². The van der Waals surface area contributed by atoms with Gasteiger partial charge in [0.15, 0.2) is 5.69 Å². The summed E-state index contributed by atoms with van der Waals surface area (Å²) in [7, 11) is 0.